The number of hydrogen-bond donors (Lipinski definition) is 0. The van der Waals surface area contributed by atoms with E-state index in [4.69, 9.17) is 9.26 Å². The van der Waals surface area contributed by atoms with E-state index in [9.17, 15) is 13.6 Å². The van der Waals surface area contributed by atoms with Crippen LogP contribution in [-0.4, -0.2) is 28.0 Å². The van der Waals surface area contributed by atoms with E-state index in [2.05, 4.69) is 11.7 Å². The van der Waals surface area contributed by atoms with E-state index in [1.54, 1.807) is 11.0 Å². The molecule has 1 amide bonds. The van der Waals surface area contributed by atoms with Crippen molar-refractivity contribution in [3.05, 3.63) is 72.2 Å². The molecule has 0 fully saturated rings. The molecule has 1 aliphatic heterocycles. The van der Waals surface area contributed by atoms with Gasteiger partial charge in [0.2, 0.25) is 0 Å². The lowest BCUT2D eigenvalue weighted by molar-refractivity contribution is 0.0611. The van der Waals surface area contributed by atoms with E-state index in [0.29, 0.717) is 6.42 Å². The van der Waals surface area contributed by atoms with Gasteiger partial charge in [-0.3, -0.25) is 4.79 Å². The lowest BCUT2D eigenvalue weighted by Gasteiger charge is -2.36. The van der Waals surface area contributed by atoms with Crippen LogP contribution in [0, 0.1) is 11.6 Å². The Hall–Kier alpha value is -2.96. The predicted octanol–water partition coefficient (Wildman–Crippen LogP) is 4.27. The minimum Gasteiger partial charge on any atom is -0.479 e. The average molecular weight is 374 g/mol. The summed E-state index contributed by atoms with van der Waals surface area (Å²) < 4.78 is 37.4. The fourth-order valence-electron chi connectivity index (χ4n) is 3.10. The Labute approximate surface area is 155 Å². The molecule has 0 aliphatic carbocycles. The molecule has 0 radical (unpaired) electrons. The second-order valence-corrected chi connectivity index (χ2v) is 6.31. The molecule has 2 aromatic rings. The molecule has 1 aromatic heterocycles. The summed E-state index contributed by atoms with van der Waals surface area (Å²) in [7, 11) is 0. The van der Waals surface area contributed by atoms with Crippen molar-refractivity contribution in [3.8, 4) is 5.75 Å². The summed E-state index contributed by atoms with van der Waals surface area (Å²) >= 11 is 0. The molecular weight excluding hydrogens is 354 g/mol. The van der Waals surface area contributed by atoms with E-state index in [1.807, 2.05) is 19.1 Å². The zero-order valence-electron chi connectivity index (χ0n) is 14.9. The summed E-state index contributed by atoms with van der Waals surface area (Å²) in [6.45, 7) is 5.42. The third kappa shape index (κ3) is 4.07. The van der Waals surface area contributed by atoms with Crippen LogP contribution in [0.5, 0.6) is 5.75 Å². The van der Waals surface area contributed by atoms with Gasteiger partial charge < -0.3 is 14.2 Å². The van der Waals surface area contributed by atoms with Crippen LogP contribution in [0.25, 0.3) is 0 Å². The number of halogens is 2. The standard InChI is InChI=1S/C20H20F2N2O3/c1-3-6-14-8-4-7-13(2)24(14)20(25)18-11-15(27-23-18)12-26-19-16(21)9-5-10-17(19)22/h3-5,7,9-11,13-14H,1,6,8,12H2,2H3/t13-,14-/m1/s1. The first-order valence-corrected chi connectivity index (χ1v) is 8.64. The molecule has 3 rings (SSSR count). The highest BCUT2D eigenvalue weighted by Gasteiger charge is 2.31. The highest BCUT2D eigenvalue weighted by atomic mass is 19.1. The summed E-state index contributed by atoms with van der Waals surface area (Å²) in [5.74, 6) is -2.20. The molecule has 0 N–H and O–H groups in total. The number of carbonyl (C=O) groups excluding carboxylic acids is 1. The highest BCUT2D eigenvalue weighted by Crippen LogP contribution is 2.24. The van der Waals surface area contributed by atoms with Crippen LogP contribution in [0.3, 0.4) is 0 Å². The summed E-state index contributed by atoms with van der Waals surface area (Å²) in [6, 6.07) is 4.78. The lowest BCUT2D eigenvalue weighted by atomic mass is 10.00. The van der Waals surface area contributed by atoms with Crippen LogP contribution in [0.15, 0.2) is 53.6 Å². The molecule has 7 heteroatoms. The Morgan fingerprint density at radius 2 is 2.19 bits per heavy atom. The maximum absolute atomic E-state index is 13.6. The smallest absolute Gasteiger partial charge is 0.276 e. The van der Waals surface area contributed by atoms with Crippen molar-refractivity contribution < 1.29 is 22.8 Å². The van der Waals surface area contributed by atoms with Gasteiger partial charge in [0, 0.05) is 18.2 Å². The van der Waals surface area contributed by atoms with Crippen LogP contribution >= 0.6 is 0 Å². The van der Waals surface area contributed by atoms with E-state index >= 15 is 0 Å². The average Bonchev–Trinajstić information content (AvgIpc) is 3.10. The SMILES string of the molecule is C=CC[C@@H]1CC=C[C@@H](C)N1C(=O)c1cc(COc2c(F)cccc2F)on1. The Kier molecular flexibility index (Phi) is 5.69. The summed E-state index contributed by atoms with van der Waals surface area (Å²) in [5.41, 5.74) is 0.124. The Bertz CT molecular complexity index is 842. The van der Waals surface area contributed by atoms with Gasteiger partial charge in [0.1, 0.15) is 6.61 Å². The van der Waals surface area contributed by atoms with Crippen LogP contribution in [0.4, 0.5) is 8.78 Å². The van der Waals surface area contributed by atoms with Crippen molar-refractivity contribution in [3.63, 3.8) is 0 Å². The first-order valence-electron chi connectivity index (χ1n) is 8.64. The second-order valence-electron chi connectivity index (χ2n) is 6.31. The molecule has 0 saturated carbocycles. The van der Waals surface area contributed by atoms with E-state index in [0.717, 1.165) is 18.6 Å². The van der Waals surface area contributed by atoms with E-state index in [-0.39, 0.29) is 36.1 Å². The number of benzene rings is 1. The lowest BCUT2D eigenvalue weighted by Crippen LogP contribution is -2.47. The van der Waals surface area contributed by atoms with Gasteiger partial charge in [-0.15, -0.1) is 6.58 Å². The maximum Gasteiger partial charge on any atom is 0.276 e. The van der Waals surface area contributed by atoms with Gasteiger partial charge in [-0.1, -0.05) is 29.5 Å². The number of aromatic nitrogens is 1. The fraction of sp³-hybridized carbons (Fsp3) is 0.300. The minimum absolute atomic E-state index is 0.00101. The molecule has 0 saturated heterocycles. The van der Waals surface area contributed by atoms with E-state index < -0.39 is 17.4 Å². The Morgan fingerprint density at radius 3 is 2.89 bits per heavy atom. The van der Waals surface area contributed by atoms with Crippen LogP contribution in [-0.2, 0) is 6.61 Å². The third-order valence-corrected chi connectivity index (χ3v) is 4.38. The normalized spacial score (nSPS) is 19.1. The van der Waals surface area contributed by atoms with Crippen LogP contribution in [0.1, 0.15) is 36.0 Å². The molecular formula is C20H20F2N2O3. The minimum atomic E-state index is -0.813. The number of amides is 1. The van der Waals surface area contributed by atoms with Gasteiger partial charge in [0.05, 0.1) is 0 Å². The van der Waals surface area contributed by atoms with Crippen molar-refractivity contribution >= 4 is 5.91 Å². The number of ether oxygens (including phenoxy) is 1. The number of para-hydroxylation sites is 1. The van der Waals surface area contributed by atoms with Crippen molar-refractivity contribution in [2.45, 2.75) is 38.5 Å². The molecule has 2 heterocycles. The largest absolute Gasteiger partial charge is 0.479 e. The summed E-state index contributed by atoms with van der Waals surface area (Å²) in [4.78, 5) is 14.6. The van der Waals surface area contributed by atoms with E-state index in [1.165, 1.54) is 12.1 Å². The zero-order chi connectivity index (χ0) is 19.4. The number of hydrogen-bond acceptors (Lipinski definition) is 4. The Balaban J connectivity index is 1.72. The van der Waals surface area contributed by atoms with Gasteiger partial charge in [0.25, 0.3) is 5.91 Å². The molecule has 27 heavy (non-hydrogen) atoms. The summed E-state index contributed by atoms with van der Waals surface area (Å²) in [6.07, 6.45) is 7.20. The molecule has 2 atom stereocenters. The fourth-order valence-corrected chi connectivity index (χ4v) is 3.10. The van der Waals surface area contributed by atoms with Gasteiger partial charge in [-0.2, -0.15) is 0 Å². The third-order valence-electron chi connectivity index (χ3n) is 4.38. The van der Waals surface area contributed by atoms with Gasteiger partial charge in [0.15, 0.2) is 28.8 Å². The first-order chi connectivity index (χ1) is 13.0. The summed E-state index contributed by atoms with van der Waals surface area (Å²) in [5, 5.41) is 3.79. The van der Waals surface area contributed by atoms with Gasteiger partial charge in [-0.25, -0.2) is 8.78 Å². The molecule has 0 unspecified atom stereocenters. The van der Waals surface area contributed by atoms with Crippen molar-refractivity contribution in [2.24, 2.45) is 0 Å². The maximum atomic E-state index is 13.6. The topological polar surface area (TPSA) is 55.6 Å². The predicted molar refractivity (Wildman–Crippen MR) is 95.2 cm³/mol. The van der Waals surface area contributed by atoms with Gasteiger partial charge in [-0.05, 0) is 31.9 Å². The quantitative estimate of drug-likeness (QED) is 0.709. The monoisotopic (exact) mass is 374 g/mol. The molecule has 1 aliphatic rings. The molecule has 0 spiro atoms. The first kappa shape index (κ1) is 18.8. The number of nitrogens with zero attached hydrogens (tertiary/aromatic N) is 2. The van der Waals surface area contributed by atoms with Gasteiger partial charge >= 0.3 is 0 Å². The molecule has 0 bridgehead atoms. The Morgan fingerprint density at radius 1 is 1.44 bits per heavy atom. The number of carbonyl (C=O) groups is 1. The second kappa shape index (κ2) is 8.16. The zero-order valence-corrected chi connectivity index (χ0v) is 14.9. The molecule has 142 valence electrons. The number of rotatable bonds is 6. The molecule has 1 aromatic carbocycles. The molecule has 5 nitrogen and oxygen atoms in total. The van der Waals surface area contributed by atoms with Crippen molar-refractivity contribution in [1.82, 2.24) is 10.1 Å². The van der Waals surface area contributed by atoms with Crippen molar-refractivity contribution in [1.29, 1.82) is 0 Å². The van der Waals surface area contributed by atoms with Crippen LogP contribution < -0.4 is 4.74 Å². The highest BCUT2D eigenvalue weighted by molar-refractivity contribution is 5.93. The van der Waals surface area contributed by atoms with Crippen molar-refractivity contribution in [2.75, 3.05) is 0 Å². The van der Waals surface area contributed by atoms with Crippen LogP contribution in [0.2, 0.25) is 0 Å².